The van der Waals surface area contributed by atoms with Crippen molar-refractivity contribution in [2.24, 2.45) is 0 Å². The van der Waals surface area contributed by atoms with Gasteiger partial charge in [-0.2, -0.15) is 0 Å². The van der Waals surface area contributed by atoms with Gasteiger partial charge in [0.05, 0.1) is 26.2 Å². The predicted molar refractivity (Wildman–Crippen MR) is 86.3 cm³/mol. The highest BCUT2D eigenvalue weighted by atomic mass is 16.3. The number of carbonyl (C=O) groups excluding carboxylic acids is 1. The summed E-state index contributed by atoms with van der Waals surface area (Å²) in [4.78, 5) is 18.1. The number of hydrogen-bond acceptors (Lipinski definition) is 3. The van der Waals surface area contributed by atoms with E-state index in [1.54, 1.807) is 12.1 Å². The number of rotatable bonds is 3. The number of nitrogens with zero attached hydrogens (tertiary/aromatic N) is 2. The molecule has 0 aliphatic carbocycles. The predicted octanol–water partition coefficient (Wildman–Crippen LogP) is 0.110. The van der Waals surface area contributed by atoms with Crippen molar-refractivity contribution < 1.29 is 14.8 Å². The van der Waals surface area contributed by atoms with E-state index in [9.17, 15) is 9.90 Å². The van der Waals surface area contributed by atoms with E-state index in [0.29, 0.717) is 18.2 Å². The van der Waals surface area contributed by atoms with Crippen LogP contribution in [0, 0.1) is 0 Å². The van der Waals surface area contributed by atoms with Crippen LogP contribution in [-0.2, 0) is 4.79 Å². The number of carbonyl (C=O) groups is 1. The molecule has 0 unspecified atom stereocenters. The van der Waals surface area contributed by atoms with Crippen LogP contribution in [0.15, 0.2) is 24.3 Å². The summed E-state index contributed by atoms with van der Waals surface area (Å²) in [5.41, 5.74) is 1.15. The minimum absolute atomic E-state index is 0.306. The van der Waals surface area contributed by atoms with Crippen molar-refractivity contribution in [1.29, 1.82) is 0 Å². The molecule has 22 heavy (non-hydrogen) atoms. The van der Waals surface area contributed by atoms with Gasteiger partial charge in [0, 0.05) is 18.8 Å². The first kappa shape index (κ1) is 15.2. The standard InChI is InChI=1S/C17H25N3O2/c21-16-6-4-15(5-7-16)19-12-10-18(11-13-19)14-17(22)20-8-2-1-3-9-20/h4-7,21H,1-3,8-14H2/p+1. The zero-order chi connectivity index (χ0) is 15.4. The van der Waals surface area contributed by atoms with Crippen LogP contribution in [0.3, 0.4) is 0 Å². The second-order valence-corrected chi connectivity index (χ2v) is 6.37. The Hall–Kier alpha value is -1.75. The fourth-order valence-corrected chi connectivity index (χ4v) is 3.39. The number of phenolic OH excluding ortho intramolecular Hbond substituents is 1. The normalized spacial score (nSPS) is 20.2. The van der Waals surface area contributed by atoms with Crippen LogP contribution >= 0.6 is 0 Å². The summed E-state index contributed by atoms with van der Waals surface area (Å²) in [7, 11) is 0. The van der Waals surface area contributed by atoms with Crippen molar-refractivity contribution in [1.82, 2.24) is 4.90 Å². The molecule has 0 bridgehead atoms. The maximum atomic E-state index is 12.3. The summed E-state index contributed by atoms with van der Waals surface area (Å²) >= 11 is 0. The molecule has 2 N–H and O–H groups in total. The highest BCUT2D eigenvalue weighted by Crippen LogP contribution is 2.18. The van der Waals surface area contributed by atoms with Crippen LogP contribution in [-0.4, -0.2) is 61.7 Å². The number of quaternary nitrogens is 1. The molecule has 0 aromatic heterocycles. The molecule has 2 heterocycles. The molecule has 2 aliphatic rings. The zero-order valence-corrected chi connectivity index (χ0v) is 13.1. The summed E-state index contributed by atoms with van der Waals surface area (Å²) < 4.78 is 0. The van der Waals surface area contributed by atoms with Crippen LogP contribution in [0.2, 0.25) is 0 Å². The number of phenols is 1. The molecule has 5 nitrogen and oxygen atoms in total. The molecule has 3 rings (SSSR count). The van der Waals surface area contributed by atoms with Crippen molar-refractivity contribution >= 4 is 11.6 Å². The Morgan fingerprint density at radius 2 is 1.64 bits per heavy atom. The summed E-state index contributed by atoms with van der Waals surface area (Å²) in [6, 6.07) is 7.38. The Morgan fingerprint density at radius 1 is 1.00 bits per heavy atom. The molecule has 0 radical (unpaired) electrons. The Balaban J connectivity index is 1.47. The van der Waals surface area contributed by atoms with Crippen molar-refractivity contribution in [3.05, 3.63) is 24.3 Å². The zero-order valence-electron chi connectivity index (χ0n) is 13.1. The van der Waals surface area contributed by atoms with E-state index in [0.717, 1.165) is 57.8 Å². The molecule has 1 aromatic rings. The van der Waals surface area contributed by atoms with Crippen molar-refractivity contribution in [2.45, 2.75) is 19.3 Å². The molecule has 0 saturated carbocycles. The third-order valence-corrected chi connectivity index (χ3v) is 4.80. The summed E-state index contributed by atoms with van der Waals surface area (Å²) in [5, 5.41) is 9.36. The molecule has 1 amide bonds. The van der Waals surface area contributed by atoms with Crippen LogP contribution in [0.1, 0.15) is 19.3 Å². The lowest BCUT2D eigenvalue weighted by Crippen LogP contribution is -3.15. The fourth-order valence-electron chi connectivity index (χ4n) is 3.39. The second kappa shape index (κ2) is 7.01. The Kier molecular flexibility index (Phi) is 4.83. The number of amides is 1. The van der Waals surface area contributed by atoms with Gasteiger partial charge in [0.15, 0.2) is 6.54 Å². The fraction of sp³-hybridized carbons (Fsp3) is 0.588. The summed E-state index contributed by atoms with van der Waals surface area (Å²) in [6.07, 6.45) is 3.59. The number of likely N-dealkylation sites (tertiary alicyclic amines) is 1. The van der Waals surface area contributed by atoms with Crippen LogP contribution < -0.4 is 9.80 Å². The lowest BCUT2D eigenvalue weighted by molar-refractivity contribution is -0.892. The Labute approximate surface area is 132 Å². The molecular weight excluding hydrogens is 278 g/mol. The SMILES string of the molecule is O=C(C[NH+]1CCN(c2ccc(O)cc2)CC1)N1CCCCC1. The lowest BCUT2D eigenvalue weighted by Gasteiger charge is -2.35. The first-order chi connectivity index (χ1) is 10.7. The first-order valence-corrected chi connectivity index (χ1v) is 8.38. The number of piperidine rings is 1. The molecule has 2 saturated heterocycles. The largest absolute Gasteiger partial charge is 0.508 e. The van der Waals surface area contributed by atoms with Crippen LogP contribution in [0.4, 0.5) is 5.69 Å². The molecular formula is C17H26N3O2+. The van der Waals surface area contributed by atoms with Crippen molar-refractivity contribution in [3.8, 4) is 5.75 Å². The van der Waals surface area contributed by atoms with Crippen LogP contribution in [0.5, 0.6) is 5.75 Å². The second-order valence-electron chi connectivity index (χ2n) is 6.37. The topological polar surface area (TPSA) is 48.2 Å². The van der Waals surface area contributed by atoms with Gasteiger partial charge in [0.2, 0.25) is 0 Å². The Bertz CT molecular complexity index is 489. The average Bonchev–Trinajstić information content (AvgIpc) is 2.57. The number of hydrogen-bond donors (Lipinski definition) is 2. The highest BCUT2D eigenvalue weighted by Gasteiger charge is 2.25. The van der Waals surface area contributed by atoms with Crippen LogP contribution in [0.25, 0.3) is 0 Å². The highest BCUT2D eigenvalue weighted by molar-refractivity contribution is 5.77. The van der Waals surface area contributed by atoms with Gasteiger partial charge < -0.3 is 19.8 Å². The minimum Gasteiger partial charge on any atom is -0.508 e. The smallest absolute Gasteiger partial charge is 0.277 e. The Morgan fingerprint density at radius 3 is 2.27 bits per heavy atom. The maximum absolute atomic E-state index is 12.3. The molecule has 2 aliphatic heterocycles. The number of aromatic hydroxyl groups is 1. The van der Waals surface area contributed by atoms with E-state index in [4.69, 9.17) is 0 Å². The molecule has 5 heteroatoms. The number of anilines is 1. The third kappa shape index (κ3) is 3.71. The molecule has 120 valence electrons. The van der Waals surface area contributed by atoms with E-state index in [1.807, 2.05) is 17.0 Å². The first-order valence-electron chi connectivity index (χ1n) is 8.38. The lowest BCUT2D eigenvalue weighted by atomic mass is 10.1. The molecule has 0 spiro atoms. The number of piperazine rings is 1. The van der Waals surface area contributed by atoms with E-state index in [2.05, 4.69) is 4.90 Å². The van der Waals surface area contributed by atoms with Gasteiger partial charge >= 0.3 is 0 Å². The van der Waals surface area contributed by atoms with Gasteiger partial charge in [-0.25, -0.2) is 0 Å². The van der Waals surface area contributed by atoms with E-state index in [1.165, 1.54) is 11.3 Å². The molecule has 0 atom stereocenters. The minimum atomic E-state index is 0.306. The van der Waals surface area contributed by atoms with Gasteiger partial charge in [-0.05, 0) is 43.5 Å². The maximum Gasteiger partial charge on any atom is 0.277 e. The molecule has 1 aromatic carbocycles. The van der Waals surface area contributed by atoms with Gasteiger partial charge in [-0.15, -0.1) is 0 Å². The average molecular weight is 304 g/mol. The number of benzene rings is 1. The van der Waals surface area contributed by atoms with Crippen molar-refractivity contribution in [3.63, 3.8) is 0 Å². The van der Waals surface area contributed by atoms with E-state index in [-0.39, 0.29) is 0 Å². The van der Waals surface area contributed by atoms with E-state index >= 15 is 0 Å². The van der Waals surface area contributed by atoms with Gasteiger partial charge in [0.25, 0.3) is 5.91 Å². The van der Waals surface area contributed by atoms with Gasteiger partial charge in [-0.1, -0.05) is 0 Å². The van der Waals surface area contributed by atoms with Gasteiger partial charge in [-0.3, -0.25) is 4.79 Å². The monoisotopic (exact) mass is 304 g/mol. The third-order valence-electron chi connectivity index (χ3n) is 4.80. The number of nitrogens with one attached hydrogen (secondary N) is 1. The van der Waals surface area contributed by atoms with Crippen molar-refractivity contribution in [2.75, 3.05) is 50.7 Å². The molecule has 2 fully saturated rings. The summed E-state index contributed by atoms with van der Waals surface area (Å²) in [6.45, 7) is 6.47. The summed E-state index contributed by atoms with van der Waals surface area (Å²) in [5.74, 6) is 0.632. The van der Waals surface area contributed by atoms with E-state index < -0.39 is 0 Å². The van der Waals surface area contributed by atoms with Gasteiger partial charge in [0.1, 0.15) is 5.75 Å². The quantitative estimate of drug-likeness (QED) is 0.833.